The Hall–Kier alpha value is -2.71. The molecule has 0 spiro atoms. The van der Waals surface area contributed by atoms with E-state index in [0.29, 0.717) is 6.04 Å². The van der Waals surface area contributed by atoms with Gasteiger partial charge < -0.3 is 5.32 Å². The molecule has 4 rings (SSSR count). The van der Waals surface area contributed by atoms with Crippen molar-refractivity contribution in [2.75, 3.05) is 6.54 Å². The van der Waals surface area contributed by atoms with Crippen molar-refractivity contribution in [3.8, 4) is 6.07 Å². The monoisotopic (exact) mass is 345 g/mol. The molecule has 0 aliphatic heterocycles. The maximum absolute atomic E-state index is 9.79. The van der Waals surface area contributed by atoms with Gasteiger partial charge in [-0.1, -0.05) is 36.4 Å². The van der Waals surface area contributed by atoms with E-state index in [1.54, 1.807) is 0 Å². The number of nitrogens with zero attached hydrogens (tertiary/aromatic N) is 4. The molecule has 0 bridgehead atoms. The van der Waals surface area contributed by atoms with Gasteiger partial charge in [-0.25, -0.2) is 0 Å². The van der Waals surface area contributed by atoms with Crippen molar-refractivity contribution in [3.63, 3.8) is 0 Å². The Morgan fingerprint density at radius 1 is 1.08 bits per heavy atom. The highest BCUT2D eigenvalue weighted by molar-refractivity contribution is 5.37. The van der Waals surface area contributed by atoms with Crippen LogP contribution in [0, 0.1) is 11.3 Å². The molecule has 0 radical (unpaired) electrons. The molecule has 5 nitrogen and oxygen atoms in total. The SMILES string of the molecule is N#CC1(c2ccccc2)CCC(NCCc2nnc3ccccn23)CC1. The summed E-state index contributed by atoms with van der Waals surface area (Å²) in [5, 5.41) is 21.9. The van der Waals surface area contributed by atoms with Crippen molar-refractivity contribution in [1.82, 2.24) is 19.9 Å². The van der Waals surface area contributed by atoms with Gasteiger partial charge in [0.05, 0.1) is 11.5 Å². The van der Waals surface area contributed by atoms with Crippen molar-refractivity contribution < 1.29 is 0 Å². The van der Waals surface area contributed by atoms with Gasteiger partial charge in [0.25, 0.3) is 0 Å². The topological polar surface area (TPSA) is 66.0 Å². The van der Waals surface area contributed by atoms with Crippen LogP contribution < -0.4 is 5.32 Å². The molecular formula is C21H23N5. The molecule has 0 atom stereocenters. The number of benzene rings is 1. The van der Waals surface area contributed by atoms with Crippen LogP contribution in [-0.4, -0.2) is 27.2 Å². The fourth-order valence-electron chi connectivity index (χ4n) is 3.99. The summed E-state index contributed by atoms with van der Waals surface area (Å²) in [4.78, 5) is 0. The third kappa shape index (κ3) is 3.21. The highest BCUT2D eigenvalue weighted by Gasteiger charge is 2.36. The first-order valence-electron chi connectivity index (χ1n) is 9.29. The summed E-state index contributed by atoms with van der Waals surface area (Å²) < 4.78 is 2.04. The predicted molar refractivity (Wildman–Crippen MR) is 101 cm³/mol. The van der Waals surface area contributed by atoms with Gasteiger partial charge in [0.1, 0.15) is 5.82 Å². The lowest BCUT2D eigenvalue weighted by atomic mass is 9.69. The number of pyridine rings is 1. The van der Waals surface area contributed by atoms with Crippen LogP contribution in [0.2, 0.25) is 0 Å². The standard InChI is InChI=1S/C21H23N5/c22-16-21(17-6-2-1-3-7-17)12-9-18(10-13-21)23-14-11-20-25-24-19-8-4-5-15-26(19)20/h1-8,15,18,23H,9-14H2. The van der Waals surface area contributed by atoms with E-state index in [2.05, 4.69) is 33.7 Å². The van der Waals surface area contributed by atoms with Crippen LogP contribution in [0.1, 0.15) is 37.1 Å². The van der Waals surface area contributed by atoms with E-state index >= 15 is 0 Å². The van der Waals surface area contributed by atoms with Crippen molar-refractivity contribution in [3.05, 3.63) is 66.1 Å². The summed E-state index contributed by atoms with van der Waals surface area (Å²) in [7, 11) is 0. The minimum atomic E-state index is -0.317. The minimum Gasteiger partial charge on any atom is -0.314 e. The number of nitrogens with one attached hydrogen (secondary N) is 1. The quantitative estimate of drug-likeness (QED) is 0.771. The zero-order valence-electron chi connectivity index (χ0n) is 14.8. The zero-order valence-corrected chi connectivity index (χ0v) is 14.8. The molecule has 1 fully saturated rings. The summed E-state index contributed by atoms with van der Waals surface area (Å²) >= 11 is 0. The molecule has 1 aliphatic rings. The number of nitriles is 1. The van der Waals surface area contributed by atoms with Crippen LogP contribution in [0.25, 0.3) is 5.65 Å². The van der Waals surface area contributed by atoms with Crippen LogP contribution in [0.4, 0.5) is 0 Å². The maximum Gasteiger partial charge on any atom is 0.160 e. The van der Waals surface area contributed by atoms with Crippen LogP contribution in [0.15, 0.2) is 54.7 Å². The molecule has 0 unspecified atom stereocenters. The molecular weight excluding hydrogens is 322 g/mol. The van der Waals surface area contributed by atoms with Crippen molar-refractivity contribution >= 4 is 5.65 Å². The molecule has 132 valence electrons. The van der Waals surface area contributed by atoms with E-state index in [1.165, 1.54) is 0 Å². The first kappa shape index (κ1) is 16.7. The normalized spacial score (nSPS) is 23.0. The van der Waals surface area contributed by atoms with Gasteiger partial charge in [0.2, 0.25) is 0 Å². The molecule has 1 aliphatic carbocycles. The Morgan fingerprint density at radius 3 is 2.62 bits per heavy atom. The molecule has 0 saturated heterocycles. The Kier molecular flexibility index (Phi) is 4.68. The Balaban J connectivity index is 1.32. The molecule has 2 aromatic heterocycles. The maximum atomic E-state index is 9.79. The van der Waals surface area contributed by atoms with E-state index in [-0.39, 0.29) is 5.41 Å². The lowest BCUT2D eigenvalue weighted by Crippen LogP contribution is -2.40. The van der Waals surface area contributed by atoms with E-state index in [1.807, 2.05) is 47.0 Å². The number of hydrogen-bond acceptors (Lipinski definition) is 4. The van der Waals surface area contributed by atoms with E-state index < -0.39 is 0 Å². The summed E-state index contributed by atoms with van der Waals surface area (Å²) in [5.41, 5.74) is 1.74. The second-order valence-corrected chi connectivity index (χ2v) is 7.08. The average molecular weight is 345 g/mol. The first-order chi connectivity index (χ1) is 12.8. The van der Waals surface area contributed by atoms with Crippen molar-refractivity contribution in [2.45, 2.75) is 43.6 Å². The third-order valence-electron chi connectivity index (χ3n) is 5.55. The second kappa shape index (κ2) is 7.27. The average Bonchev–Trinajstić information content (AvgIpc) is 3.13. The summed E-state index contributed by atoms with van der Waals surface area (Å²) in [6.07, 6.45) is 6.75. The van der Waals surface area contributed by atoms with Gasteiger partial charge in [-0.05, 0) is 43.4 Å². The summed E-state index contributed by atoms with van der Waals surface area (Å²) in [6, 6.07) is 19.3. The number of rotatable bonds is 5. The summed E-state index contributed by atoms with van der Waals surface area (Å²) in [6.45, 7) is 0.880. The smallest absolute Gasteiger partial charge is 0.160 e. The van der Waals surface area contributed by atoms with Crippen molar-refractivity contribution in [1.29, 1.82) is 5.26 Å². The highest BCUT2D eigenvalue weighted by Crippen LogP contribution is 2.38. The molecule has 0 amide bonds. The first-order valence-corrected chi connectivity index (χ1v) is 9.29. The van der Waals surface area contributed by atoms with Gasteiger partial charge in [-0.15, -0.1) is 10.2 Å². The lowest BCUT2D eigenvalue weighted by Gasteiger charge is -2.35. The van der Waals surface area contributed by atoms with E-state index in [0.717, 1.165) is 55.7 Å². The Bertz CT molecular complexity index is 901. The molecule has 3 aromatic rings. The van der Waals surface area contributed by atoms with E-state index in [9.17, 15) is 5.26 Å². The van der Waals surface area contributed by atoms with Crippen LogP contribution in [0.3, 0.4) is 0 Å². The minimum absolute atomic E-state index is 0.317. The molecule has 2 heterocycles. The summed E-state index contributed by atoms with van der Waals surface area (Å²) in [5.74, 6) is 0.986. The van der Waals surface area contributed by atoms with Gasteiger partial charge in [0, 0.05) is 25.2 Å². The molecule has 26 heavy (non-hydrogen) atoms. The Labute approximate surface area is 153 Å². The molecule has 1 aromatic carbocycles. The number of fused-ring (bicyclic) bond motifs is 1. The van der Waals surface area contributed by atoms with Crippen LogP contribution in [-0.2, 0) is 11.8 Å². The largest absolute Gasteiger partial charge is 0.314 e. The zero-order chi connectivity index (χ0) is 17.8. The fraction of sp³-hybridized carbons (Fsp3) is 0.381. The number of aromatic nitrogens is 3. The molecule has 5 heteroatoms. The second-order valence-electron chi connectivity index (χ2n) is 7.08. The fourth-order valence-corrected chi connectivity index (χ4v) is 3.99. The Morgan fingerprint density at radius 2 is 1.85 bits per heavy atom. The predicted octanol–water partition coefficient (Wildman–Crippen LogP) is 3.27. The number of hydrogen-bond donors (Lipinski definition) is 1. The van der Waals surface area contributed by atoms with Gasteiger partial charge in [0.15, 0.2) is 5.65 Å². The van der Waals surface area contributed by atoms with E-state index in [4.69, 9.17) is 0 Å². The third-order valence-corrected chi connectivity index (χ3v) is 5.55. The van der Waals surface area contributed by atoms with Crippen molar-refractivity contribution in [2.24, 2.45) is 0 Å². The highest BCUT2D eigenvalue weighted by atomic mass is 15.2. The van der Waals surface area contributed by atoms with Gasteiger partial charge in [-0.3, -0.25) is 4.40 Å². The lowest BCUT2D eigenvalue weighted by molar-refractivity contribution is 0.296. The van der Waals surface area contributed by atoms with Gasteiger partial charge in [-0.2, -0.15) is 5.26 Å². The van der Waals surface area contributed by atoms with Gasteiger partial charge >= 0.3 is 0 Å². The molecule has 1 saturated carbocycles. The molecule has 1 N–H and O–H groups in total. The van der Waals surface area contributed by atoms with Crippen LogP contribution >= 0.6 is 0 Å². The van der Waals surface area contributed by atoms with Crippen LogP contribution in [0.5, 0.6) is 0 Å².